The van der Waals surface area contributed by atoms with Crippen molar-refractivity contribution in [3.05, 3.63) is 0 Å². The summed E-state index contributed by atoms with van der Waals surface area (Å²) in [5.74, 6) is 0. The van der Waals surface area contributed by atoms with E-state index in [-0.39, 0.29) is 6.61 Å². The fourth-order valence-corrected chi connectivity index (χ4v) is 1.86. The van der Waals surface area contributed by atoms with Gasteiger partial charge in [0, 0.05) is 6.61 Å². The van der Waals surface area contributed by atoms with Crippen LogP contribution in [0.2, 0.25) is 0 Å². The normalized spacial score (nSPS) is 12.0. The summed E-state index contributed by atoms with van der Waals surface area (Å²) < 4.78 is 37.5. The lowest BCUT2D eigenvalue weighted by Crippen LogP contribution is -2.15. The summed E-state index contributed by atoms with van der Waals surface area (Å²) >= 11 is 0. The van der Waals surface area contributed by atoms with Crippen LogP contribution in [0.25, 0.3) is 0 Å². The van der Waals surface area contributed by atoms with Crippen LogP contribution in [0.4, 0.5) is 0 Å². The van der Waals surface area contributed by atoms with E-state index in [4.69, 9.17) is 38.3 Å². The third-order valence-corrected chi connectivity index (χ3v) is 3.46. The minimum absolute atomic E-state index is 0.0371. The Hall–Kier alpha value is -0.320. The first-order valence-electron chi connectivity index (χ1n) is 10.2. The zero-order valence-corrected chi connectivity index (χ0v) is 18.1. The number of rotatable bonds is 22. The van der Waals surface area contributed by atoms with Crippen LogP contribution >= 0.6 is 0 Å². The van der Waals surface area contributed by atoms with Gasteiger partial charge in [-0.25, -0.2) is 0 Å². The van der Waals surface area contributed by atoms with E-state index in [0.29, 0.717) is 91.3 Å². The molecule has 0 aromatic rings. The molecule has 0 heterocycles. The topological polar surface area (TPSA) is 84.8 Å². The minimum atomic E-state index is 0.0371. The van der Waals surface area contributed by atoms with E-state index in [0.717, 1.165) is 13.0 Å². The fraction of sp³-hybridized carbons (Fsp3) is 1.00. The minimum Gasteiger partial charge on any atom is -0.394 e. The van der Waals surface area contributed by atoms with Crippen molar-refractivity contribution >= 4 is 0 Å². The quantitative estimate of drug-likeness (QED) is 0.269. The van der Waals surface area contributed by atoms with E-state index in [9.17, 15) is 0 Å². The molecule has 0 fully saturated rings. The third kappa shape index (κ3) is 25.7. The second-order valence-electron chi connectivity index (χ2n) is 7.32. The van der Waals surface area contributed by atoms with Crippen molar-refractivity contribution in [2.45, 2.75) is 27.2 Å². The van der Waals surface area contributed by atoms with Crippen LogP contribution in [-0.2, 0) is 33.2 Å². The van der Waals surface area contributed by atoms with Gasteiger partial charge in [-0.15, -0.1) is 0 Å². The number of hydrogen-bond donors (Lipinski definition) is 1. The highest BCUT2D eigenvalue weighted by Crippen LogP contribution is 2.17. The maximum absolute atomic E-state index is 8.53. The molecule has 0 saturated heterocycles. The first-order chi connectivity index (χ1) is 13.6. The van der Waals surface area contributed by atoms with E-state index in [1.165, 1.54) is 0 Å². The highest BCUT2D eigenvalue weighted by Gasteiger charge is 2.08. The third-order valence-electron chi connectivity index (χ3n) is 3.46. The Morgan fingerprint density at radius 1 is 0.429 bits per heavy atom. The Morgan fingerprint density at radius 3 is 0.929 bits per heavy atom. The smallest absolute Gasteiger partial charge is 0.0701 e. The number of hydrogen-bond acceptors (Lipinski definition) is 8. The number of ether oxygens (including phenoxy) is 7. The largest absolute Gasteiger partial charge is 0.394 e. The lowest BCUT2D eigenvalue weighted by molar-refractivity contribution is -0.0220. The van der Waals surface area contributed by atoms with E-state index >= 15 is 0 Å². The molecule has 170 valence electrons. The lowest BCUT2D eigenvalue weighted by Gasteiger charge is -2.17. The summed E-state index contributed by atoms with van der Waals surface area (Å²) in [7, 11) is 0. The molecule has 8 nitrogen and oxygen atoms in total. The average molecular weight is 411 g/mol. The molecule has 28 heavy (non-hydrogen) atoms. The van der Waals surface area contributed by atoms with Crippen LogP contribution in [0.15, 0.2) is 0 Å². The molecule has 0 aromatic carbocycles. The Labute approximate surface area is 170 Å². The number of aliphatic hydroxyl groups excluding tert-OH is 1. The lowest BCUT2D eigenvalue weighted by atomic mass is 9.93. The van der Waals surface area contributed by atoms with Gasteiger partial charge in [-0.3, -0.25) is 0 Å². The molecule has 0 aliphatic heterocycles. The molecule has 0 amide bonds. The first kappa shape index (κ1) is 27.7. The first-order valence-corrected chi connectivity index (χ1v) is 10.2. The number of aliphatic hydroxyl groups is 1. The van der Waals surface area contributed by atoms with Gasteiger partial charge in [-0.1, -0.05) is 20.8 Å². The molecule has 0 aromatic heterocycles. The Balaban J connectivity index is 3.01. The van der Waals surface area contributed by atoms with Crippen LogP contribution in [-0.4, -0.2) is 104 Å². The van der Waals surface area contributed by atoms with E-state index < -0.39 is 0 Å². The molecule has 1 N–H and O–H groups in total. The van der Waals surface area contributed by atoms with Gasteiger partial charge in [0.15, 0.2) is 0 Å². The Morgan fingerprint density at radius 2 is 0.679 bits per heavy atom. The van der Waals surface area contributed by atoms with Crippen LogP contribution in [0.3, 0.4) is 0 Å². The highest BCUT2D eigenvalue weighted by molar-refractivity contribution is 4.59. The average Bonchev–Trinajstić information content (AvgIpc) is 2.65. The molecule has 0 aliphatic rings. The maximum Gasteiger partial charge on any atom is 0.0701 e. The Kier molecular flexibility index (Phi) is 21.1. The van der Waals surface area contributed by atoms with Gasteiger partial charge < -0.3 is 38.3 Å². The molecule has 0 saturated carbocycles. The summed E-state index contributed by atoms with van der Waals surface area (Å²) in [6.07, 6.45) is 1.05. The standard InChI is InChI=1S/C20H42O8/c1-20(2,3)4-6-22-8-10-24-12-14-26-16-18-28-19-17-27-15-13-25-11-9-23-7-5-21/h21H,4-19H2,1-3H3. The highest BCUT2D eigenvalue weighted by atomic mass is 16.6. The zero-order valence-electron chi connectivity index (χ0n) is 18.1. The monoisotopic (exact) mass is 410 g/mol. The van der Waals surface area contributed by atoms with Crippen LogP contribution in [0.5, 0.6) is 0 Å². The van der Waals surface area contributed by atoms with E-state index in [1.807, 2.05) is 0 Å². The second kappa shape index (κ2) is 21.4. The second-order valence-corrected chi connectivity index (χ2v) is 7.32. The van der Waals surface area contributed by atoms with Crippen molar-refractivity contribution in [2.75, 3.05) is 99.1 Å². The molecular formula is C20H42O8. The van der Waals surface area contributed by atoms with Gasteiger partial charge in [0.1, 0.15) is 0 Å². The van der Waals surface area contributed by atoms with Gasteiger partial charge >= 0.3 is 0 Å². The van der Waals surface area contributed by atoms with Gasteiger partial charge in [-0.05, 0) is 11.8 Å². The fourth-order valence-electron chi connectivity index (χ4n) is 1.86. The molecule has 0 radical (unpaired) electrons. The summed E-state index contributed by atoms with van der Waals surface area (Å²) in [5.41, 5.74) is 0.314. The maximum atomic E-state index is 8.53. The summed E-state index contributed by atoms with van der Waals surface area (Å²) in [6, 6.07) is 0. The predicted molar refractivity (Wildman–Crippen MR) is 107 cm³/mol. The summed E-state index contributed by atoms with van der Waals surface area (Å²) in [6.45, 7) is 14.3. The van der Waals surface area contributed by atoms with E-state index in [2.05, 4.69) is 20.8 Å². The summed E-state index contributed by atoms with van der Waals surface area (Å²) in [4.78, 5) is 0. The molecule has 0 unspecified atom stereocenters. The Bertz CT molecular complexity index is 296. The van der Waals surface area contributed by atoms with Gasteiger partial charge in [-0.2, -0.15) is 0 Å². The molecule has 0 bridgehead atoms. The van der Waals surface area contributed by atoms with Crippen molar-refractivity contribution in [2.24, 2.45) is 5.41 Å². The van der Waals surface area contributed by atoms with E-state index in [1.54, 1.807) is 0 Å². The van der Waals surface area contributed by atoms with Crippen molar-refractivity contribution in [3.63, 3.8) is 0 Å². The molecule has 8 heteroatoms. The van der Waals surface area contributed by atoms with Gasteiger partial charge in [0.2, 0.25) is 0 Å². The molecular weight excluding hydrogens is 368 g/mol. The molecule has 0 rings (SSSR count). The summed E-state index contributed by atoms with van der Waals surface area (Å²) in [5, 5.41) is 8.53. The van der Waals surface area contributed by atoms with Crippen molar-refractivity contribution in [3.8, 4) is 0 Å². The predicted octanol–water partition coefficient (Wildman–Crippen LogP) is 1.53. The van der Waals surface area contributed by atoms with Crippen molar-refractivity contribution in [1.29, 1.82) is 0 Å². The van der Waals surface area contributed by atoms with Crippen molar-refractivity contribution < 1.29 is 38.3 Å². The molecule has 0 aliphatic carbocycles. The van der Waals surface area contributed by atoms with Crippen molar-refractivity contribution in [1.82, 2.24) is 0 Å². The van der Waals surface area contributed by atoms with Crippen LogP contribution in [0.1, 0.15) is 27.2 Å². The van der Waals surface area contributed by atoms with Gasteiger partial charge in [0.25, 0.3) is 0 Å². The van der Waals surface area contributed by atoms with Crippen LogP contribution < -0.4 is 0 Å². The van der Waals surface area contributed by atoms with Crippen LogP contribution in [0, 0.1) is 5.41 Å². The van der Waals surface area contributed by atoms with Gasteiger partial charge in [0.05, 0.1) is 92.5 Å². The molecule has 0 atom stereocenters. The zero-order chi connectivity index (χ0) is 20.8. The molecule has 0 spiro atoms. The SMILES string of the molecule is CC(C)(C)CCOCCOCCOCCOCCOCCOCCOCCO.